The molecule has 0 saturated heterocycles. The van der Waals surface area contributed by atoms with E-state index in [2.05, 4.69) is 15.5 Å². The summed E-state index contributed by atoms with van der Waals surface area (Å²) in [5, 5.41) is 12.6. The summed E-state index contributed by atoms with van der Waals surface area (Å²) in [7, 11) is 1.54. The van der Waals surface area contributed by atoms with Gasteiger partial charge in [-0.2, -0.15) is 0 Å². The number of amides is 1. The van der Waals surface area contributed by atoms with Crippen LogP contribution in [0.15, 0.2) is 41.6 Å². The number of halogens is 1. The highest BCUT2D eigenvalue weighted by Gasteiger charge is 2.15. The summed E-state index contributed by atoms with van der Waals surface area (Å²) in [6, 6.07) is 11.5. The van der Waals surface area contributed by atoms with E-state index in [9.17, 15) is 4.79 Å². The third-order valence-corrected chi connectivity index (χ3v) is 6.35. The van der Waals surface area contributed by atoms with E-state index in [-0.39, 0.29) is 11.7 Å². The fraction of sp³-hybridized carbons (Fsp3) is 0.167. The number of carbonyl (C=O) groups is 1. The molecule has 0 fully saturated rings. The molecule has 0 saturated carbocycles. The van der Waals surface area contributed by atoms with Crippen LogP contribution in [0.4, 0.5) is 5.69 Å². The zero-order valence-corrected chi connectivity index (χ0v) is 16.9. The van der Waals surface area contributed by atoms with Crippen molar-refractivity contribution >= 4 is 61.5 Å². The predicted octanol–water partition coefficient (Wildman–Crippen LogP) is 4.65. The van der Waals surface area contributed by atoms with Crippen LogP contribution in [-0.4, -0.2) is 33.4 Å². The summed E-state index contributed by atoms with van der Waals surface area (Å²) in [6.45, 7) is 1.88. The maximum atomic E-state index is 12.4. The summed E-state index contributed by atoms with van der Waals surface area (Å²) in [6.07, 6.45) is 0. The molecule has 2 heterocycles. The van der Waals surface area contributed by atoms with Crippen LogP contribution in [0.2, 0.25) is 5.02 Å². The van der Waals surface area contributed by atoms with Crippen molar-refractivity contribution < 1.29 is 9.53 Å². The van der Waals surface area contributed by atoms with Crippen LogP contribution in [-0.2, 0) is 4.79 Å². The van der Waals surface area contributed by atoms with E-state index in [4.69, 9.17) is 16.3 Å². The van der Waals surface area contributed by atoms with Gasteiger partial charge in [0.15, 0.2) is 5.16 Å². The Kier molecular flexibility index (Phi) is 4.94. The number of thiazole rings is 1. The number of fused-ring (bicyclic) bond motifs is 3. The van der Waals surface area contributed by atoms with Crippen LogP contribution in [0.25, 0.3) is 15.2 Å². The Morgan fingerprint density at radius 1 is 1.33 bits per heavy atom. The minimum atomic E-state index is -0.156. The molecular formula is C18H15ClN4O2S2. The number of nitrogens with zero attached hydrogens (tertiary/aromatic N) is 3. The molecule has 0 unspecified atom stereocenters. The number of para-hydroxylation sites is 1. The van der Waals surface area contributed by atoms with Crippen molar-refractivity contribution in [3.05, 3.63) is 47.0 Å². The van der Waals surface area contributed by atoms with Crippen LogP contribution >= 0.6 is 34.7 Å². The van der Waals surface area contributed by atoms with E-state index in [0.717, 1.165) is 20.7 Å². The van der Waals surface area contributed by atoms with Crippen LogP contribution in [0.3, 0.4) is 0 Å². The van der Waals surface area contributed by atoms with Gasteiger partial charge in [0.1, 0.15) is 5.75 Å². The van der Waals surface area contributed by atoms with Gasteiger partial charge in [0.05, 0.1) is 28.8 Å². The van der Waals surface area contributed by atoms with E-state index in [1.807, 2.05) is 35.6 Å². The van der Waals surface area contributed by atoms with Gasteiger partial charge < -0.3 is 10.1 Å². The molecule has 9 heteroatoms. The summed E-state index contributed by atoms with van der Waals surface area (Å²) in [5.74, 6) is 0.574. The molecule has 6 nitrogen and oxygen atoms in total. The van der Waals surface area contributed by atoms with Gasteiger partial charge in [-0.05, 0) is 30.7 Å². The van der Waals surface area contributed by atoms with Gasteiger partial charge in [-0.15, -0.1) is 10.2 Å². The molecule has 0 radical (unpaired) electrons. The minimum absolute atomic E-state index is 0.156. The highest BCUT2D eigenvalue weighted by Crippen LogP contribution is 2.32. The van der Waals surface area contributed by atoms with E-state index >= 15 is 0 Å². The number of aryl methyl sites for hydroxylation is 1. The van der Waals surface area contributed by atoms with Gasteiger partial charge in [0.25, 0.3) is 0 Å². The summed E-state index contributed by atoms with van der Waals surface area (Å²) in [4.78, 5) is 13.2. The van der Waals surface area contributed by atoms with Gasteiger partial charge in [-0.1, -0.05) is 46.8 Å². The molecule has 0 aliphatic carbocycles. The molecule has 0 bridgehead atoms. The molecule has 0 aliphatic rings. The van der Waals surface area contributed by atoms with Gasteiger partial charge in [-0.3, -0.25) is 9.20 Å². The lowest BCUT2D eigenvalue weighted by atomic mass is 10.2. The maximum Gasteiger partial charge on any atom is 0.234 e. The Labute approximate surface area is 168 Å². The second-order valence-electron chi connectivity index (χ2n) is 5.81. The van der Waals surface area contributed by atoms with Crippen LogP contribution < -0.4 is 10.1 Å². The number of thioether (sulfide) groups is 1. The van der Waals surface area contributed by atoms with Crippen molar-refractivity contribution in [3.8, 4) is 5.75 Å². The van der Waals surface area contributed by atoms with Crippen molar-refractivity contribution in [2.45, 2.75) is 12.1 Å². The third-order valence-electron chi connectivity index (χ3n) is 4.00. The van der Waals surface area contributed by atoms with Crippen LogP contribution in [0, 0.1) is 6.92 Å². The smallest absolute Gasteiger partial charge is 0.234 e. The molecule has 27 heavy (non-hydrogen) atoms. The number of hydrogen-bond acceptors (Lipinski definition) is 6. The standard InChI is InChI=1S/C18H15ClN4O2S2/c1-10-7-12(14(25-2)8-11(10)19)20-16(24)9-26-17-21-22-18-23(17)13-5-3-4-6-15(13)27-18/h3-8H,9H2,1-2H3,(H,20,24). The predicted molar refractivity (Wildman–Crippen MR) is 110 cm³/mol. The van der Waals surface area contributed by atoms with Gasteiger partial charge in [0, 0.05) is 11.1 Å². The molecule has 4 aromatic rings. The highest BCUT2D eigenvalue weighted by atomic mass is 35.5. The Morgan fingerprint density at radius 2 is 2.15 bits per heavy atom. The van der Waals surface area contributed by atoms with Crippen molar-refractivity contribution in [3.63, 3.8) is 0 Å². The number of rotatable bonds is 5. The first kappa shape index (κ1) is 18.1. The summed E-state index contributed by atoms with van der Waals surface area (Å²) in [5.41, 5.74) is 2.50. The number of aromatic nitrogens is 3. The second kappa shape index (κ2) is 7.38. The van der Waals surface area contributed by atoms with Crippen molar-refractivity contribution in [2.24, 2.45) is 0 Å². The first-order valence-corrected chi connectivity index (χ1v) is 10.2. The first-order valence-electron chi connectivity index (χ1n) is 8.06. The zero-order valence-electron chi connectivity index (χ0n) is 14.5. The summed E-state index contributed by atoms with van der Waals surface area (Å²) < 4.78 is 8.41. The average Bonchev–Trinajstić information content (AvgIpc) is 3.22. The first-order chi connectivity index (χ1) is 13.1. The molecule has 4 rings (SSSR count). The monoisotopic (exact) mass is 418 g/mol. The average molecular weight is 419 g/mol. The maximum absolute atomic E-state index is 12.4. The van der Waals surface area contributed by atoms with Crippen LogP contribution in [0.1, 0.15) is 5.56 Å². The third kappa shape index (κ3) is 3.47. The fourth-order valence-corrected chi connectivity index (χ4v) is 4.62. The lowest BCUT2D eigenvalue weighted by Gasteiger charge is -2.12. The lowest BCUT2D eigenvalue weighted by Crippen LogP contribution is -2.15. The molecule has 0 aliphatic heterocycles. The zero-order chi connectivity index (χ0) is 19.0. The van der Waals surface area contributed by atoms with Gasteiger partial charge >= 0.3 is 0 Å². The molecule has 2 aromatic carbocycles. The number of carbonyl (C=O) groups excluding carboxylic acids is 1. The number of hydrogen-bond donors (Lipinski definition) is 1. The highest BCUT2D eigenvalue weighted by molar-refractivity contribution is 7.99. The minimum Gasteiger partial charge on any atom is -0.495 e. The van der Waals surface area contributed by atoms with Crippen molar-refractivity contribution in [1.29, 1.82) is 0 Å². The normalized spacial score (nSPS) is 11.2. The molecule has 138 valence electrons. The second-order valence-corrected chi connectivity index (χ2v) is 8.17. The van der Waals surface area contributed by atoms with E-state index in [0.29, 0.717) is 21.6 Å². The molecule has 1 N–H and O–H groups in total. The van der Waals surface area contributed by atoms with Gasteiger partial charge in [-0.25, -0.2) is 0 Å². The molecular weight excluding hydrogens is 404 g/mol. The van der Waals surface area contributed by atoms with Crippen LogP contribution in [0.5, 0.6) is 5.75 Å². The lowest BCUT2D eigenvalue weighted by molar-refractivity contribution is -0.113. The van der Waals surface area contributed by atoms with Crippen molar-refractivity contribution in [2.75, 3.05) is 18.2 Å². The number of anilines is 1. The SMILES string of the molecule is COc1cc(Cl)c(C)cc1NC(=O)CSc1nnc2sc3ccccc3n12. The molecule has 2 aromatic heterocycles. The Balaban J connectivity index is 1.52. The van der Waals surface area contributed by atoms with E-state index in [1.54, 1.807) is 30.6 Å². The Morgan fingerprint density at radius 3 is 2.96 bits per heavy atom. The Hall–Kier alpha value is -2.29. The molecule has 1 amide bonds. The van der Waals surface area contributed by atoms with Gasteiger partial charge in [0.2, 0.25) is 10.9 Å². The number of benzene rings is 2. The summed E-state index contributed by atoms with van der Waals surface area (Å²) >= 11 is 9.02. The van der Waals surface area contributed by atoms with E-state index in [1.165, 1.54) is 11.8 Å². The number of nitrogens with one attached hydrogen (secondary N) is 1. The molecule has 0 atom stereocenters. The molecule has 0 spiro atoms. The number of methoxy groups -OCH3 is 1. The van der Waals surface area contributed by atoms with Crippen molar-refractivity contribution in [1.82, 2.24) is 14.6 Å². The Bertz CT molecular complexity index is 1160. The fourth-order valence-electron chi connectivity index (χ4n) is 2.70. The van der Waals surface area contributed by atoms with E-state index < -0.39 is 0 Å². The largest absolute Gasteiger partial charge is 0.495 e. The number of ether oxygens (including phenoxy) is 1. The topological polar surface area (TPSA) is 68.5 Å². The quantitative estimate of drug-likeness (QED) is 0.478.